The van der Waals surface area contributed by atoms with E-state index in [9.17, 15) is 9.59 Å². The van der Waals surface area contributed by atoms with E-state index in [0.29, 0.717) is 50.8 Å². The van der Waals surface area contributed by atoms with Crippen molar-refractivity contribution in [2.24, 2.45) is 0 Å². The zero-order chi connectivity index (χ0) is 17.9. The first-order valence-electron chi connectivity index (χ1n) is 8.48. The standard InChI is InChI=1S/C18H22ClNO5/c19-14-3-1-2-13(10-14)18(4-7-24-8-5-18)17(23)20-6-9-25-15(12-20)11-16(21)22/h1-3,10,15H,4-9,11-12H2,(H,21,22)/t15-/m0/s1. The number of ether oxygens (including phenoxy) is 2. The Morgan fingerprint density at radius 1 is 1.28 bits per heavy atom. The molecule has 2 aliphatic rings. The number of amides is 1. The summed E-state index contributed by atoms with van der Waals surface area (Å²) in [6, 6.07) is 7.43. The third-order valence-corrected chi connectivity index (χ3v) is 5.20. The fourth-order valence-electron chi connectivity index (χ4n) is 3.66. The van der Waals surface area contributed by atoms with Gasteiger partial charge in [0.2, 0.25) is 5.91 Å². The van der Waals surface area contributed by atoms with E-state index in [0.717, 1.165) is 5.56 Å². The monoisotopic (exact) mass is 367 g/mol. The van der Waals surface area contributed by atoms with Crippen molar-refractivity contribution in [3.63, 3.8) is 0 Å². The molecule has 2 aliphatic heterocycles. The Bertz CT molecular complexity index is 644. The number of carboxylic acid groups (broad SMARTS) is 1. The molecule has 0 unspecified atom stereocenters. The molecule has 1 amide bonds. The average Bonchev–Trinajstić information content (AvgIpc) is 2.61. The number of nitrogens with zero attached hydrogens (tertiary/aromatic N) is 1. The number of hydrogen-bond donors (Lipinski definition) is 1. The molecule has 136 valence electrons. The second kappa shape index (κ2) is 7.72. The van der Waals surface area contributed by atoms with E-state index < -0.39 is 17.5 Å². The van der Waals surface area contributed by atoms with Crippen molar-refractivity contribution in [2.45, 2.75) is 30.8 Å². The molecule has 2 fully saturated rings. The molecule has 25 heavy (non-hydrogen) atoms. The van der Waals surface area contributed by atoms with Gasteiger partial charge in [0, 0.05) is 31.3 Å². The molecule has 2 heterocycles. The first-order valence-corrected chi connectivity index (χ1v) is 8.86. The normalized spacial score (nSPS) is 23.2. The highest BCUT2D eigenvalue weighted by atomic mass is 35.5. The van der Waals surface area contributed by atoms with Gasteiger partial charge in [-0.05, 0) is 30.5 Å². The lowest BCUT2D eigenvalue weighted by molar-refractivity contribution is -0.153. The molecule has 7 heteroatoms. The van der Waals surface area contributed by atoms with Crippen molar-refractivity contribution in [3.8, 4) is 0 Å². The van der Waals surface area contributed by atoms with Gasteiger partial charge in [0.15, 0.2) is 0 Å². The third-order valence-electron chi connectivity index (χ3n) is 4.96. The molecule has 1 aromatic rings. The maximum Gasteiger partial charge on any atom is 0.306 e. The summed E-state index contributed by atoms with van der Waals surface area (Å²) in [6.07, 6.45) is 0.614. The predicted molar refractivity (Wildman–Crippen MR) is 91.8 cm³/mol. The van der Waals surface area contributed by atoms with E-state index in [1.807, 2.05) is 18.2 Å². The third kappa shape index (κ3) is 3.97. The van der Waals surface area contributed by atoms with Crippen LogP contribution < -0.4 is 0 Å². The van der Waals surface area contributed by atoms with Crippen LogP contribution in [0.25, 0.3) is 0 Å². The van der Waals surface area contributed by atoms with E-state index in [1.165, 1.54) is 0 Å². The van der Waals surface area contributed by atoms with Crippen molar-refractivity contribution in [1.82, 2.24) is 4.90 Å². The summed E-state index contributed by atoms with van der Waals surface area (Å²) in [7, 11) is 0. The van der Waals surface area contributed by atoms with Gasteiger partial charge < -0.3 is 19.5 Å². The Kier molecular flexibility index (Phi) is 5.61. The summed E-state index contributed by atoms with van der Waals surface area (Å²) < 4.78 is 11.0. The van der Waals surface area contributed by atoms with Gasteiger partial charge in [-0.15, -0.1) is 0 Å². The van der Waals surface area contributed by atoms with Crippen LogP contribution in [0.5, 0.6) is 0 Å². The van der Waals surface area contributed by atoms with Gasteiger partial charge in [0.05, 0.1) is 24.5 Å². The first kappa shape index (κ1) is 18.2. The highest BCUT2D eigenvalue weighted by Gasteiger charge is 2.45. The molecule has 0 radical (unpaired) electrons. The van der Waals surface area contributed by atoms with Crippen LogP contribution in [0, 0.1) is 0 Å². The molecule has 1 N–H and O–H groups in total. The molecule has 0 saturated carbocycles. The lowest BCUT2D eigenvalue weighted by Gasteiger charge is -2.42. The summed E-state index contributed by atoms with van der Waals surface area (Å²) >= 11 is 6.16. The molecule has 0 aliphatic carbocycles. The molecule has 6 nitrogen and oxygen atoms in total. The molecule has 1 atom stereocenters. The summed E-state index contributed by atoms with van der Waals surface area (Å²) in [5.41, 5.74) is 0.225. The number of aliphatic carboxylic acids is 1. The Balaban J connectivity index is 1.86. The molecular weight excluding hydrogens is 346 g/mol. The number of hydrogen-bond acceptors (Lipinski definition) is 4. The van der Waals surface area contributed by atoms with Crippen LogP contribution in [-0.4, -0.2) is 60.9 Å². The van der Waals surface area contributed by atoms with Gasteiger partial charge in [-0.2, -0.15) is 0 Å². The van der Waals surface area contributed by atoms with E-state index in [1.54, 1.807) is 11.0 Å². The number of carbonyl (C=O) groups is 2. The van der Waals surface area contributed by atoms with Crippen LogP contribution in [0.15, 0.2) is 24.3 Å². The highest BCUT2D eigenvalue weighted by molar-refractivity contribution is 6.30. The van der Waals surface area contributed by atoms with E-state index in [-0.39, 0.29) is 12.3 Å². The Labute approximate surface area is 151 Å². The minimum atomic E-state index is -0.921. The highest BCUT2D eigenvalue weighted by Crippen LogP contribution is 2.38. The molecule has 3 rings (SSSR count). The summed E-state index contributed by atoms with van der Waals surface area (Å²) in [5, 5.41) is 9.58. The van der Waals surface area contributed by atoms with Crippen LogP contribution in [0.1, 0.15) is 24.8 Å². The largest absolute Gasteiger partial charge is 0.481 e. The zero-order valence-corrected chi connectivity index (χ0v) is 14.7. The summed E-state index contributed by atoms with van der Waals surface area (Å²) in [6.45, 7) is 2.15. The van der Waals surface area contributed by atoms with Crippen molar-refractivity contribution >= 4 is 23.5 Å². The topological polar surface area (TPSA) is 76.1 Å². The SMILES string of the molecule is O=C(O)C[C@H]1CN(C(=O)C2(c3cccc(Cl)c3)CCOCC2)CCO1. The summed E-state index contributed by atoms with van der Waals surface area (Å²) in [5.74, 6) is -0.910. The molecule has 0 spiro atoms. The fraction of sp³-hybridized carbons (Fsp3) is 0.556. The predicted octanol–water partition coefficient (Wildman–Crippen LogP) is 2.09. The van der Waals surface area contributed by atoms with E-state index >= 15 is 0 Å². The minimum Gasteiger partial charge on any atom is -0.481 e. The number of carbonyl (C=O) groups excluding carboxylic acids is 1. The fourth-order valence-corrected chi connectivity index (χ4v) is 3.85. The van der Waals surface area contributed by atoms with Crippen LogP contribution in [-0.2, 0) is 24.5 Å². The number of rotatable bonds is 4. The van der Waals surface area contributed by atoms with E-state index in [2.05, 4.69) is 0 Å². The minimum absolute atomic E-state index is 0.0109. The Morgan fingerprint density at radius 3 is 2.72 bits per heavy atom. The van der Waals surface area contributed by atoms with Gasteiger partial charge in [-0.25, -0.2) is 0 Å². The second-order valence-electron chi connectivity index (χ2n) is 6.55. The quantitative estimate of drug-likeness (QED) is 0.881. The van der Waals surface area contributed by atoms with Gasteiger partial charge in [-0.3, -0.25) is 9.59 Å². The first-order chi connectivity index (χ1) is 12.0. The van der Waals surface area contributed by atoms with Gasteiger partial charge in [-0.1, -0.05) is 23.7 Å². The van der Waals surface area contributed by atoms with Crippen LogP contribution in [0.3, 0.4) is 0 Å². The summed E-state index contributed by atoms with van der Waals surface area (Å²) in [4.78, 5) is 26.1. The van der Waals surface area contributed by atoms with Crippen LogP contribution >= 0.6 is 11.6 Å². The number of morpholine rings is 1. The smallest absolute Gasteiger partial charge is 0.306 e. The van der Waals surface area contributed by atoms with Crippen LogP contribution in [0.2, 0.25) is 5.02 Å². The van der Waals surface area contributed by atoms with Gasteiger partial charge in [0.1, 0.15) is 0 Å². The molecule has 2 saturated heterocycles. The van der Waals surface area contributed by atoms with E-state index in [4.69, 9.17) is 26.2 Å². The second-order valence-corrected chi connectivity index (χ2v) is 6.98. The van der Waals surface area contributed by atoms with Gasteiger partial charge in [0.25, 0.3) is 0 Å². The Morgan fingerprint density at radius 2 is 2.04 bits per heavy atom. The average molecular weight is 368 g/mol. The van der Waals surface area contributed by atoms with Crippen molar-refractivity contribution in [3.05, 3.63) is 34.9 Å². The molecular formula is C18H22ClNO5. The maximum absolute atomic E-state index is 13.4. The van der Waals surface area contributed by atoms with Gasteiger partial charge >= 0.3 is 5.97 Å². The number of benzene rings is 1. The Hall–Kier alpha value is -1.63. The van der Waals surface area contributed by atoms with Crippen molar-refractivity contribution in [2.75, 3.05) is 32.9 Å². The molecule has 0 aromatic heterocycles. The van der Waals surface area contributed by atoms with Crippen molar-refractivity contribution < 1.29 is 24.2 Å². The molecule has 0 bridgehead atoms. The molecule has 1 aromatic carbocycles. The zero-order valence-electron chi connectivity index (χ0n) is 13.9. The van der Waals surface area contributed by atoms with Crippen LogP contribution in [0.4, 0.5) is 0 Å². The lowest BCUT2D eigenvalue weighted by atomic mass is 9.73. The number of carboxylic acids is 1. The maximum atomic E-state index is 13.4. The van der Waals surface area contributed by atoms with Crippen molar-refractivity contribution in [1.29, 1.82) is 0 Å². The number of halogens is 1. The lowest BCUT2D eigenvalue weighted by Crippen LogP contribution is -2.55.